The van der Waals surface area contributed by atoms with Crippen LogP contribution in [-0.4, -0.2) is 17.6 Å². The van der Waals surface area contributed by atoms with Crippen molar-refractivity contribution in [1.82, 2.24) is 10.3 Å². The summed E-state index contributed by atoms with van der Waals surface area (Å²) in [5.74, 6) is 0. The van der Waals surface area contributed by atoms with Crippen molar-refractivity contribution in [3.8, 4) is 0 Å². The minimum Gasteiger partial charge on any atom is -0.375 e. The SMILES string of the molecule is Nc1nc(CCCC2CC(c3ccccc3)=CCN2)cs1. The van der Waals surface area contributed by atoms with Gasteiger partial charge >= 0.3 is 0 Å². The highest BCUT2D eigenvalue weighted by Crippen LogP contribution is 2.24. The average molecular weight is 299 g/mol. The number of aryl methyl sites for hydroxylation is 1. The van der Waals surface area contributed by atoms with E-state index in [2.05, 4.69) is 52.1 Å². The second-order valence-corrected chi connectivity index (χ2v) is 6.36. The third-order valence-electron chi connectivity index (χ3n) is 3.92. The van der Waals surface area contributed by atoms with Crippen molar-refractivity contribution >= 4 is 22.0 Å². The molecule has 0 radical (unpaired) electrons. The number of thiazole rings is 1. The molecule has 3 N–H and O–H groups in total. The lowest BCUT2D eigenvalue weighted by Crippen LogP contribution is -2.32. The first kappa shape index (κ1) is 14.3. The van der Waals surface area contributed by atoms with Gasteiger partial charge in [0.2, 0.25) is 0 Å². The van der Waals surface area contributed by atoms with Crippen LogP contribution in [0.1, 0.15) is 30.5 Å². The molecule has 2 heterocycles. The summed E-state index contributed by atoms with van der Waals surface area (Å²) < 4.78 is 0. The Kier molecular flexibility index (Phi) is 4.68. The lowest BCUT2D eigenvalue weighted by Gasteiger charge is -2.24. The number of benzene rings is 1. The second kappa shape index (κ2) is 6.87. The molecule has 2 aromatic rings. The maximum atomic E-state index is 5.66. The number of rotatable bonds is 5. The summed E-state index contributed by atoms with van der Waals surface area (Å²) in [5.41, 5.74) is 9.62. The number of hydrogen-bond acceptors (Lipinski definition) is 4. The van der Waals surface area contributed by atoms with Gasteiger partial charge in [0.25, 0.3) is 0 Å². The Morgan fingerprint density at radius 1 is 1.29 bits per heavy atom. The number of nitrogen functional groups attached to an aromatic ring is 1. The van der Waals surface area contributed by atoms with Crippen LogP contribution in [0.3, 0.4) is 0 Å². The van der Waals surface area contributed by atoms with E-state index in [1.165, 1.54) is 28.9 Å². The molecule has 1 aromatic carbocycles. The monoisotopic (exact) mass is 299 g/mol. The molecule has 0 saturated carbocycles. The fraction of sp³-hybridized carbons (Fsp3) is 0.353. The van der Waals surface area contributed by atoms with Gasteiger partial charge < -0.3 is 11.1 Å². The van der Waals surface area contributed by atoms with Crippen molar-refractivity contribution in [3.63, 3.8) is 0 Å². The zero-order valence-corrected chi connectivity index (χ0v) is 12.9. The van der Waals surface area contributed by atoms with Gasteiger partial charge in [-0.1, -0.05) is 36.4 Å². The second-order valence-electron chi connectivity index (χ2n) is 5.47. The van der Waals surface area contributed by atoms with E-state index in [9.17, 15) is 0 Å². The third kappa shape index (κ3) is 3.93. The molecule has 0 saturated heterocycles. The first-order chi connectivity index (χ1) is 10.3. The number of anilines is 1. The van der Waals surface area contributed by atoms with Gasteiger partial charge in [-0.15, -0.1) is 11.3 Å². The minimum atomic E-state index is 0.571. The summed E-state index contributed by atoms with van der Waals surface area (Å²) in [5, 5.41) is 6.34. The minimum absolute atomic E-state index is 0.571. The highest BCUT2D eigenvalue weighted by Gasteiger charge is 2.15. The van der Waals surface area contributed by atoms with Crippen molar-refractivity contribution in [2.45, 2.75) is 31.7 Å². The summed E-state index contributed by atoms with van der Waals surface area (Å²) in [6.07, 6.45) is 6.79. The van der Waals surface area contributed by atoms with Crippen LogP contribution in [0.5, 0.6) is 0 Å². The molecule has 1 aromatic heterocycles. The third-order valence-corrected chi connectivity index (χ3v) is 4.64. The fourth-order valence-corrected chi connectivity index (χ4v) is 3.43. The molecular weight excluding hydrogens is 278 g/mol. The van der Waals surface area contributed by atoms with Crippen LogP contribution in [0.15, 0.2) is 41.8 Å². The first-order valence-electron chi connectivity index (χ1n) is 7.49. The normalized spacial score (nSPS) is 18.5. The van der Waals surface area contributed by atoms with E-state index in [1.54, 1.807) is 0 Å². The molecule has 0 fully saturated rings. The Hall–Kier alpha value is -1.65. The Bertz CT molecular complexity index is 604. The zero-order chi connectivity index (χ0) is 14.5. The molecule has 21 heavy (non-hydrogen) atoms. The number of hydrogen-bond donors (Lipinski definition) is 2. The predicted octanol–water partition coefficient (Wildman–Crippen LogP) is 3.49. The molecule has 0 aliphatic carbocycles. The van der Waals surface area contributed by atoms with E-state index in [0.717, 1.165) is 31.5 Å². The lowest BCUT2D eigenvalue weighted by atomic mass is 9.93. The number of nitrogens with zero attached hydrogens (tertiary/aromatic N) is 1. The highest BCUT2D eigenvalue weighted by atomic mass is 32.1. The number of nitrogens with one attached hydrogen (secondary N) is 1. The predicted molar refractivity (Wildman–Crippen MR) is 90.3 cm³/mol. The maximum absolute atomic E-state index is 5.66. The van der Waals surface area contributed by atoms with Crippen LogP contribution < -0.4 is 11.1 Å². The molecule has 1 atom stereocenters. The average Bonchev–Trinajstić information content (AvgIpc) is 2.94. The summed E-state index contributed by atoms with van der Waals surface area (Å²) >= 11 is 1.53. The van der Waals surface area contributed by atoms with Gasteiger partial charge in [0.1, 0.15) is 0 Å². The Morgan fingerprint density at radius 3 is 2.90 bits per heavy atom. The van der Waals surface area contributed by atoms with Gasteiger partial charge in [-0.2, -0.15) is 0 Å². The molecule has 1 aliphatic rings. The Balaban J connectivity index is 1.50. The maximum Gasteiger partial charge on any atom is 0.180 e. The van der Waals surface area contributed by atoms with E-state index in [-0.39, 0.29) is 0 Å². The van der Waals surface area contributed by atoms with E-state index < -0.39 is 0 Å². The summed E-state index contributed by atoms with van der Waals surface area (Å²) in [4.78, 5) is 4.32. The lowest BCUT2D eigenvalue weighted by molar-refractivity contribution is 0.484. The number of aromatic nitrogens is 1. The molecule has 4 heteroatoms. The van der Waals surface area contributed by atoms with Gasteiger partial charge in [0.05, 0.1) is 5.69 Å². The largest absolute Gasteiger partial charge is 0.375 e. The quantitative estimate of drug-likeness (QED) is 0.888. The Labute approximate surface area is 129 Å². The molecule has 0 spiro atoms. The molecule has 3 nitrogen and oxygen atoms in total. The summed E-state index contributed by atoms with van der Waals surface area (Å²) in [6.45, 7) is 0.971. The van der Waals surface area contributed by atoms with Crippen LogP contribution in [0.25, 0.3) is 5.57 Å². The topological polar surface area (TPSA) is 50.9 Å². The zero-order valence-electron chi connectivity index (χ0n) is 12.1. The molecule has 3 rings (SSSR count). The van der Waals surface area contributed by atoms with Crippen LogP contribution in [-0.2, 0) is 6.42 Å². The van der Waals surface area contributed by atoms with Crippen LogP contribution >= 0.6 is 11.3 Å². The van der Waals surface area contributed by atoms with Gasteiger partial charge in [0.15, 0.2) is 5.13 Å². The molecule has 1 unspecified atom stereocenters. The van der Waals surface area contributed by atoms with Crippen molar-refractivity contribution in [2.75, 3.05) is 12.3 Å². The van der Waals surface area contributed by atoms with E-state index >= 15 is 0 Å². The number of nitrogens with two attached hydrogens (primary N) is 1. The van der Waals surface area contributed by atoms with Gasteiger partial charge in [0, 0.05) is 18.0 Å². The van der Waals surface area contributed by atoms with Gasteiger partial charge in [-0.25, -0.2) is 4.98 Å². The molecule has 1 aliphatic heterocycles. The van der Waals surface area contributed by atoms with Crippen molar-refractivity contribution in [2.24, 2.45) is 0 Å². The highest BCUT2D eigenvalue weighted by molar-refractivity contribution is 7.13. The van der Waals surface area contributed by atoms with Gasteiger partial charge in [-0.05, 0) is 36.8 Å². The van der Waals surface area contributed by atoms with E-state index in [0.29, 0.717) is 11.2 Å². The van der Waals surface area contributed by atoms with E-state index in [4.69, 9.17) is 5.73 Å². The summed E-state index contributed by atoms with van der Waals surface area (Å²) in [7, 11) is 0. The fourth-order valence-electron chi connectivity index (χ4n) is 2.83. The smallest absolute Gasteiger partial charge is 0.180 e. The molecule has 110 valence electrons. The molecular formula is C17H21N3S. The van der Waals surface area contributed by atoms with Crippen molar-refractivity contribution < 1.29 is 0 Å². The first-order valence-corrected chi connectivity index (χ1v) is 8.37. The van der Waals surface area contributed by atoms with Crippen molar-refractivity contribution in [1.29, 1.82) is 0 Å². The Morgan fingerprint density at radius 2 is 2.14 bits per heavy atom. The molecule has 0 bridgehead atoms. The van der Waals surface area contributed by atoms with Crippen LogP contribution in [0.2, 0.25) is 0 Å². The summed E-state index contributed by atoms with van der Waals surface area (Å²) in [6, 6.07) is 11.3. The van der Waals surface area contributed by atoms with Crippen LogP contribution in [0, 0.1) is 0 Å². The van der Waals surface area contributed by atoms with Gasteiger partial charge in [-0.3, -0.25) is 0 Å². The van der Waals surface area contributed by atoms with E-state index in [1.807, 2.05) is 0 Å². The van der Waals surface area contributed by atoms with Crippen LogP contribution in [0.4, 0.5) is 5.13 Å². The van der Waals surface area contributed by atoms with Crippen molar-refractivity contribution in [3.05, 3.63) is 53.0 Å². The molecule has 0 amide bonds. The standard InChI is InChI=1S/C17H21N3S/c18-17-20-16(12-21-17)8-4-7-15-11-14(9-10-19-15)13-5-2-1-3-6-13/h1-3,5-6,9,12,15,19H,4,7-8,10-11H2,(H2,18,20).